The van der Waals surface area contributed by atoms with Gasteiger partial charge >= 0.3 is 0 Å². The smallest absolute Gasteiger partial charge is 0.223 e. The van der Waals surface area contributed by atoms with Crippen LogP contribution in [0.3, 0.4) is 0 Å². The van der Waals surface area contributed by atoms with E-state index in [9.17, 15) is 9.90 Å². The summed E-state index contributed by atoms with van der Waals surface area (Å²) < 4.78 is 10.7. The number of carbonyl (C=O) groups excluding carboxylic acids is 1. The van der Waals surface area contributed by atoms with E-state index < -0.39 is 5.60 Å². The highest BCUT2D eigenvalue weighted by molar-refractivity contribution is 5.76. The van der Waals surface area contributed by atoms with Crippen molar-refractivity contribution in [1.29, 1.82) is 0 Å². The van der Waals surface area contributed by atoms with E-state index in [1.165, 1.54) is 11.8 Å². The SMILES string of the molecule is CC(C)c1ccc(OCCC(=O)NCC(C)(O)c2ccco2)cc1. The van der Waals surface area contributed by atoms with Gasteiger partial charge in [0, 0.05) is 0 Å². The highest BCUT2D eigenvalue weighted by atomic mass is 16.5. The molecule has 1 amide bonds. The zero-order valence-corrected chi connectivity index (χ0v) is 14.4. The number of amides is 1. The molecule has 1 aromatic carbocycles. The highest BCUT2D eigenvalue weighted by Crippen LogP contribution is 2.20. The lowest BCUT2D eigenvalue weighted by molar-refractivity contribution is -0.122. The molecule has 24 heavy (non-hydrogen) atoms. The van der Waals surface area contributed by atoms with Crippen molar-refractivity contribution in [3.05, 3.63) is 54.0 Å². The molecule has 1 heterocycles. The van der Waals surface area contributed by atoms with E-state index in [0.717, 1.165) is 5.75 Å². The van der Waals surface area contributed by atoms with E-state index in [1.807, 2.05) is 24.3 Å². The van der Waals surface area contributed by atoms with Crippen LogP contribution in [0.15, 0.2) is 47.1 Å². The minimum absolute atomic E-state index is 0.0857. The topological polar surface area (TPSA) is 71.7 Å². The van der Waals surface area contributed by atoms with E-state index in [1.54, 1.807) is 19.1 Å². The van der Waals surface area contributed by atoms with Gasteiger partial charge in [-0.1, -0.05) is 26.0 Å². The molecule has 1 aromatic heterocycles. The van der Waals surface area contributed by atoms with Crippen LogP contribution in [-0.4, -0.2) is 24.2 Å². The van der Waals surface area contributed by atoms with Crippen molar-refractivity contribution >= 4 is 5.91 Å². The number of rotatable bonds is 8. The molecule has 2 N–H and O–H groups in total. The predicted molar refractivity (Wildman–Crippen MR) is 91.9 cm³/mol. The molecule has 0 aliphatic rings. The lowest BCUT2D eigenvalue weighted by atomic mass is 10.0. The van der Waals surface area contributed by atoms with Crippen molar-refractivity contribution in [2.75, 3.05) is 13.2 Å². The minimum Gasteiger partial charge on any atom is -0.493 e. The Kier molecular flexibility index (Phi) is 6.04. The molecular formula is C19H25NO4. The van der Waals surface area contributed by atoms with Gasteiger partial charge in [-0.05, 0) is 42.7 Å². The van der Waals surface area contributed by atoms with Crippen LogP contribution in [0.4, 0.5) is 0 Å². The third kappa shape index (κ3) is 5.13. The van der Waals surface area contributed by atoms with Gasteiger partial charge in [0.1, 0.15) is 17.1 Å². The minimum atomic E-state index is -1.23. The van der Waals surface area contributed by atoms with Crippen LogP contribution >= 0.6 is 0 Å². The van der Waals surface area contributed by atoms with Gasteiger partial charge in [-0.25, -0.2) is 0 Å². The Hall–Kier alpha value is -2.27. The molecule has 0 spiro atoms. The van der Waals surface area contributed by atoms with Crippen LogP contribution in [-0.2, 0) is 10.4 Å². The second-order valence-corrected chi connectivity index (χ2v) is 6.35. The van der Waals surface area contributed by atoms with Crippen LogP contribution in [0.5, 0.6) is 5.75 Å². The first-order chi connectivity index (χ1) is 11.4. The highest BCUT2D eigenvalue weighted by Gasteiger charge is 2.26. The summed E-state index contributed by atoms with van der Waals surface area (Å²) in [5.74, 6) is 1.46. The summed E-state index contributed by atoms with van der Waals surface area (Å²) in [5, 5.41) is 13.0. The van der Waals surface area contributed by atoms with Gasteiger partial charge in [-0.15, -0.1) is 0 Å². The number of nitrogens with one attached hydrogen (secondary N) is 1. The van der Waals surface area contributed by atoms with Crippen LogP contribution in [0.25, 0.3) is 0 Å². The third-order valence-electron chi connectivity index (χ3n) is 3.83. The number of aliphatic hydroxyl groups is 1. The summed E-state index contributed by atoms with van der Waals surface area (Å²) >= 11 is 0. The number of benzene rings is 1. The first-order valence-corrected chi connectivity index (χ1v) is 8.14. The maximum Gasteiger partial charge on any atom is 0.223 e. The second-order valence-electron chi connectivity index (χ2n) is 6.35. The Bertz CT molecular complexity index is 630. The van der Waals surface area contributed by atoms with E-state index in [4.69, 9.17) is 9.15 Å². The zero-order valence-electron chi connectivity index (χ0n) is 14.4. The maximum atomic E-state index is 11.9. The fourth-order valence-corrected chi connectivity index (χ4v) is 2.24. The number of ether oxygens (including phenoxy) is 1. The van der Waals surface area contributed by atoms with Gasteiger partial charge < -0.3 is 19.6 Å². The fourth-order valence-electron chi connectivity index (χ4n) is 2.24. The van der Waals surface area contributed by atoms with Crippen molar-refractivity contribution in [2.45, 2.75) is 38.7 Å². The van der Waals surface area contributed by atoms with Crippen LogP contribution in [0.2, 0.25) is 0 Å². The van der Waals surface area contributed by atoms with Crippen molar-refractivity contribution in [3.63, 3.8) is 0 Å². The average Bonchev–Trinajstić information content (AvgIpc) is 3.09. The Morgan fingerprint density at radius 1 is 1.29 bits per heavy atom. The molecule has 5 nitrogen and oxygen atoms in total. The molecule has 2 aromatic rings. The van der Waals surface area contributed by atoms with Gasteiger partial charge in [0.05, 0.1) is 25.8 Å². The lowest BCUT2D eigenvalue weighted by Crippen LogP contribution is -2.38. The summed E-state index contributed by atoms with van der Waals surface area (Å²) in [6.07, 6.45) is 1.71. The first kappa shape index (κ1) is 18.1. The number of carbonyl (C=O) groups is 1. The largest absolute Gasteiger partial charge is 0.493 e. The molecule has 0 aliphatic heterocycles. The second kappa shape index (κ2) is 8.02. The molecule has 0 fully saturated rings. The van der Waals surface area contributed by atoms with E-state index in [0.29, 0.717) is 11.7 Å². The third-order valence-corrected chi connectivity index (χ3v) is 3.83. The Labute approximate surface area is 142 Å². The molecular weight excluding hydrogens is 306 g/mol. The van der Waals surface area contributed by atoms with Gasteiger partial charge in [-0.3, -0.25) is 4.79 Å². The van der Waals surface area contributed by atoms with Gasteiger partial charge in [0.25, 0.3) is 0 Å². The average molecular weight is 331 g/mol. The monoisotopic (exact) mass is 331 g/mol. The molecule has 130 valence electrons. The summed E-state index contributed by atoms with van der Waals surface area (Å²) in [6, 6.07) is 11.3. The predicted octanol–water partition coefficient (Wildman–Crippen LogP) is 3.20. The van der Waals surface area contributed by atoms with Gasteiger partial charge in [-0.2, -0.15) is 0 Å². The van der Waals surface area contributed by atoms with E-state index in [-0.39, 0.29) is 25.5 Å². The summed E-state index contributed by atoms with van der Waals surface area (Å²) in [6.45, 7) is 6.24. The van der Waals surface area contributed by atoms with Crippen molar-refractivity contribution in [1.82, 2.24) is 5.32 Å². The van der Waals surface area contributed by atoms with Crippen molar-refractivity contribution < 1.29 is 19.1 Å². The first-order valence-electron chi connectivity index (χ1n) is 8.14. The van der Waals surface area contributed by atoms with Crippen molar-refractivity contribution in [3.8, 4) is 5.75 Å². The summed E-state index contributed by atoms with van der Waals surface area (Å²) in [4.78, 5) is 11.9. The molecule has 0 saturated carbocycles. The molecule has 0 aliphatic carbocycles. The Morgan fingerprint density at radius 2 is 2.00 bits per heavy atom. The van der Waals surface area contributed by atoms with Crippen molar-refractivity contribution in [2.24, 2.45) is 0 Å². The Balaban J connectivity index is 1.71. The normalized spacial score (nSPS) is 13.5. The molecule has 0 bridgehead atoms. The quantitative estimate of drug-likeness (QED) is 0.779. The molecule has 1 atom stereocenters. The summed E-state index contributed by atoms with van der Waals surface area (Å²) in [5.41, 5.74) is 0.0208. The Morgan fingerprint density at radius 3 is 2.58 bits per heavy atom. The van der Waals surface area contributed by atoms with E-state index >= 15 is 0 Å². The van der Waals surface area contributed by atoms with Crippen LogP contribution < -0.4 is 10.1 Å². The zero-order chi connectivity index (χ0) is 17.6. The number of furan rings is 1. The van der Waals surface area contributed by atoms with Gasteiger partial charge in [0.2, 0.25) is 5.91 Å². The molecule has 0 saturated heterocycles. The van der Waals surface area contributed by atoms with Crippen LogP contribution in [0, 0.1) is 0 Å². The van der Waals surface area contributed by atoms with E-state index in [2.05, 4.69) is 19.2 Å². The molecule has 5 heteroatoms. The molecule has 1 unspecified atom stereocenters. The van der Waals surface area contributed by atoms with Crippen LogP contribution in [0.1, 0.15) is 44.4 Å². The molecule has 0 radical (unpaired) electrons. The lowest BCUT2D eigenvalue weighted by Gasteiger charge is -2.21. The standard InChI is InChI=1S/C19H25NO4/c1-14(2)15-6-8-16(9-7-15)23-12-10-18(21)20-13-19(3,22)17-5-4-11-24-17/h4-9,11,14,22H,10,12-13H2,1-3H3,(H,20,21). The number of hydrogen-bond donors (Lipinski definition) is 2. The fraction of sp³-hybridized carbons (Fsp3) is 0.421. The van der Waals surface area contributed by atoms with Gasteiger partial charge in [0.15, 0.2) is 0 Å². The molecule has 2 rings (SSSR count). The maximum absolute atomic E-state index is 11.9. The summed E-state index contributed by atoms with van der Waals surface area (Å²) in [7, 11) is 0. The number of hydrogen-bond acceptors (Lipinski definition) is 4.